The molecule has 2 aromatic carbocycles. The number of rotatable bonds is 5. The highest BCUT2D eigenvalue weighted by molar-refractivity contribution is 6.31. The molecule has 3 aromatic rings. The van der Waals surface area contributed by atoms with Gasteiger partial charge in [0, 0.05) is 16.8 Å². The maximum atomic E-state index is 13.2. The van der Waals surface area contributed by atoms with Gasteiger partial charge in [0.1, 0.15) is 11.4 Å². The predicted octanol–water partition coefficient (Wildman–Crippen LogP) is 5.02. The van der Waals surface area contributed by atoms with Crippen LogP contribution in [0.15, 0.2) is 54.7 Å². The molecule has 138 valence electrons. The van der Waals surface area contributed by atoms with E-state index in [4.69, 9.17) is 16.3 Å². The summed E-state index contributed by atoms with van der Waals surface area (Å²) in [6.45, 7) is 0. The number of carbonyl (C=O) groups excluding carboxylic acids is 1. The van der Waals surface area contributed by atoms with Crippen molar-refractivity contribution in [3.05, 3.63) is 77.1 Å². The average Bonchev–Trinajstić information content (AvgIpc) is 2.65. The van der Waals surface area contributed by atoms with Crippen molar-refractivity contribution in [3.8, 4) is 5.75 Å². The normalized spacial score (nSPS) is 10.4. The average molecular weight is 390 g/mol. The predicted molar refractivity (Wildman–Crippen MR) is 99.8 cm³/mol. The quantitative estimate of drug-likeness (QED) is 0.643. The first kappa shape index (κ1) is 18.6. The molecule has 3 rings (SSSR count). The van der Waals surface area contributed by atoms with Crippen LogP contribution in [-0.2, 0) is 0 Å². The van der Waals surface area contributed by atoms with Crippen molar-refractivity contribution in [2.45, 2.75) is 0 Å². The van der Waals surface area contributed by atoms with Crippen LogP contribution in [0.25, 0.3) is 0 Å². The number of benzene rings is 2. The van der Waals surface area contributed by atoms with Crippen molar-refractivity contribution in [2.24, 2.45) is 0 Å². The number of nitrogens with zero attached hydrogens (tertiary/aromatic N) is 1. The van der Waals surface area contributed by atoms with E-state index < -0.39 is 17.5 Å². The van der Waals surface area contributed by atoms with E-state index in [9.17, 15) is 13.6 Å². The second-order valence-electron chi connectivity index (χ2n) is 5.48. The van der Waals surface area contributed by atoms with Gasteiger partial charge in [-0.3, -0.25) is 4.79 Å². The summed E-state index contributed by atoms with van der Waals surface area (Å²) in [6, 6.07) is 11.4. The molecule has 0 saturated carbocycles. The highest BCUT2D eigenvalue weighted by Gasteiger charge is 2.11. The number of methoxy groups -OCH3 is 1. The van der Waals surface area contributed by atoms with Crippen LogP contribution in [0.4, 0.5) is 25.8 Å². The fourth-order valence-corrected chi connectivity index (χ4v) is 2.48. The second-order valence-corrected chi connectivity index (χ2v) is 5.92. The molecule has 0 aliphatic carbocycles. The fourth-order valence-electron chi connectivity index (χ4n) is 2.30. The summed E-state index contributed by atoms with van der Waals surface area (Å²) in [7, 11) is 1.54. The minimum absolute atomic E-state index is 0.114. The van der Waals surface area contributed by atoms with E-state index in [2.05, 4.69) is 15.6 Å². The minimum atomic E-state index is -1.05. The summed E-state index contributed by atoms with van der Waals surface area (Å²) in [6.07, 6.45) is 1.46. The minimum Gasteiger partial charge on any atom is -0.495 e. The molecule has 5 nitrogen and oxygen atoms in total. The molecule has 0 atom stereocenters. The van der Waals surface area contributed by atoms with Crippen LogP contribution in [0, 0.1) is 11.6 Å². The maximum absolute atomic E-state index is 13.2. The molecule has 0 radical (unpaired) electrons. The van der Waals surface area contributed by atoms with Crippen molar-refractivity contribution in [1.29, 1.82) is 0 Å². The third-order valence-electron chi connectivity index (χ3n) is 3.61. The van der Waals surface area contributed by atoms with Crippen LogP contribution >= 0.6 is 11.6 Å². The fraction of sp³-hybridized carbons (Fsp3) is 0.0526. The van der Waals surface area contributed by atoms with Crippen LogP contribution in [0.5, 0.6) is 5.75 Å². The number of hydrogen-bond donors (Lipinski definition) is 2. The zero-order valence-corrected chi connectivity index (χ0v) is 14.8. The zero-order valence-electron chi connectivity index (χ0n) is 14.1. The summed E-state index contributed by atoms with van der Waals surface area (Å²) in [5, 5.41) is 6.09. The van der Waals surface area contributed by atoms with Crippen molar-refractivity contribution in [1.82, 2.24) is 4.98 Å². The number of amides is 1. The van der Waals surface area contributed by atoms with E-state index in [1.54, 1.807) is 31.4 Å². The lowest BCUT2D eigenvalue weighted by Crippen LogP contribution is -2.13. The van der Waals surface area contributed by atoms with Gasteiger partial charge in [-0.15, -0.1) is 0 Å². The molecule has 0 bridgehead atoms. The molecular weight excluding hydrogens is 376 g/mol. The largest absolute Gasteiger partial charge is 0.495 e. The Morgan fingerprint density at radius 2 is 1.81 bits per heavy atom. The topological polar surface area (TPSA) is 63.2 Å². The summed E-state index contributed by atoms with van der Waals surface area (Å²) in [5.41, 5.74) is 1.50. The maximum Gasteiger partial charge on any atom is 0.274 e. The van der Waals surface area contributed by atoms with Gasteiger partial charge in [-0.2, -0.15) is 0 Å². The Labute approximate surface area is 159 Å². The Morgan fingerprint density at radius 1 is 1.04 bits per heavy atom. The lowest BCUT2D eigenvalue weighted by Gasteiger charge is -2.11. The molecule has 1 amide bonds. The van der Waals surface area contributed by atoms with Crippen molar-refractivity contribution < 1.29 is 18.3 Å². The van der Waals surface area contributed by atoms with Crippen LogP contribution in [-0.4, -0.2) is 18.0 Å². The third kappa shape index (κ3) is 4.51. The highest BCUT2D eigenvalue weighted by atomic mass is 35.5. The number of pyridine rings is 1. The molecule has 2 N–H and O–H groups in total. The summed E-state index contributed by atoms with van der Waals surface area (Å²) < 4.78 is 31.4. The summed E-state index contributed by atoms with van der Waals surface area (Å²) in [5.74, 6) is -1.98. The number of carbonyl (C=O) groups is 1. The van der Waals surface area contributed by atoms with Gasteiger partial charge in [-0.25, -0.2) is 13.8 Å². The Morgan fingerprint density at radius 3 is 2.48 bits per heavy atom. The van der Waals surface area contributed by atoms with E-state index >= 15 is 0 Å². The first-order valence-electron chi connectivity index (χ1n) is 7.79. The molecule has 0 fully saturated rings. The summed E-state index contributed by atoms with van der Waals surface area (Å²) >= 11 is 5.99. The SMILES string of the molecule is COc1ccc(Cl)cc1Nc1ccc(C(=O)Nc2ccc(F)c(F)c2)nc1. The number of anilines is 3. The van der Waals surface area contributed by atoms with Crippen molar-refractivity contribution in [2.75, 3.05) is 17.7 Å². The molecule has 0 saturated heterocycles. The van der Waals surface area contributed by atoms with Gasteiger partial charge in [-0.05, 0) is 42.5 Å². The van der Waals surface area contributed by atoms with Crippen molar-refractivity contribution >= 4 is 34.6 Å². The standard InChI is InChI=1S/C19H14ClF2N3O2/c1-27-18-7-2-11(20)8-17(18)24-13-4-6-16(23-10-13)19(26)25-12-3-5-14(21)15(22)9-12/h2-10,24H,1H3,(H,25,26). The van der Waals surface area contributed by atoms with Gasteiger partial charge < -0.3 is 15.4 Å². The van der Waals surface area contributed by atoms with E-state index in [1.807, 2.05) is 0 Å². The third-order valence-corrected chi connectivity index (χ3v) is 3.85. The summed E-state index contributed by atoms with van der Waals surface area (Å²) in [4.78, 5) is 16.3. The lowest BCUT2D eigenvalue weighted by molar-refractivity contribution is 0.102. The van der Waals surface area contributed by atoms with Crippen LogP contribution in [0.1, 0.15) is 10.5 Å². The second kappa shape index (κ2) is 8.01. The molecule has 27 heavy (non-hydrogen) atoms. The Kier molecular flexibility index (Phi) is 5.52. The molecule has 1 aromatic heterocycles. The number of nitrogens with one attached hydrogen (secondary N) is 2. The first-order valence-corrected chi connectivity index (χ1v) is 8.17. The van der Waals surface area contributed by atoms with Crippen LogP contribution in [0.2, 0.25) is 5.02 Å². The number of hydrogen-bond acceptors (Lipinski definition) is 4. The van der Waals surface area contributed by atoms with Gasteiger partial charge >= 0.3 is 0 Å². The molecule has 1 heterocycles. The van der Waals surface area contributed by atoms with Gasteiger partial charge in [0.2, 0.25) is 0 Å². The number of aromatic nitrogens is 1. The molecule has 0 aliphatic heterocycles. The number of ether oxygens (including phenoxy) is 1. The lowest BCUT2D eigenvalue weighted by atomic mass is 10.2. The van der Waals surface area contributed by atoms with E-state index in [0.717, 1.165) is 12.1 Å². The van der Waals surface area contributed by atoms with Gasteiger partial charge in [0.25, 0.3) is 5.91 Å². The molecule has 0 unspecified atom stereocenters. The Hall–Kier alpha value is -3.19. The van der Waals surface area contributed by atoms with E-state index in [1.165, 1.54) is 18.3 Å². The monoisotopic (exact) mass is 389 g/mol. The number of halogens is 3. The van der Waals surface area contributed by atoms with E-state index in [0.29, 0.717) is 22.1 Å². The molecule has 0 spiro atoms. The smallest absolute Gasteiger partial charge is 0.274 e. The first-order chi connectivity index (χ1) is 13.0. The van der Waals surface area contributed by atoms with Gasteiger partial charge in [-0.1, -0.05) is 11.6 Å². The van der Waals surface area contributed by atoms with Crippen LogP contribution in [0.3, 0.4) is 0 Å². The Bertz CT molecular complexity index is 981. The molecular formula is C19H14ClF2N3O2. The van der Waals surface area contributed by atoms with E-state index in [-0.39, 0.29) is 11.4 Å². The van der Waals surface area contributed by atoms with Gasteiger partial charge in [0.05, 0.1) is 24.7 Å². The van der Waals surface area contributed by atoms with Crippen molar-refractivity contribution in [3.63, 3.8) is 0 Å². The molecule has 8 heteroatoms. The Balaban J connectivity index is 1.72. The molecule has 0 aliphatic rings. The zero-order chi connectivity index (χ0) is 19.4. The van der Waals surface area contributed by atoms with Gasteiger partial charge in [0.15, 0.2) is 11.6 Å². The highest BCUT2D eigenvalue weighted by Crippen LogP contribution is 2.30. The van der Waals surface area contributed by atoms with Crippen LogP contribution < -0.4 is 15.4 Å².